The minimum atomic E-state index is -0.581. The van der Waals surface area contributed by atoms with E-state index in [1.807, 2.05) is 12.1 Å². The van der Waals surface area contributed by atoms with Gasteiger partial charge in [0.2, 0.25) is 0 Å². The summed E-state index contributed by atoms with van der Waals surface area (Å²) < 4.78 is 36.7. The number of urea groups is 1. The summed E-state index contributed by atoms with van der Waals surface area (Å²) in [7, 11) is 1.60. The number of carbonyl (C=O) groups is 2. The molecule has 2 saturated heterocycles. The smallest absolute Gasteiger partial charge is 0.338 e. The Labute approximate surface area is 269 Å². The highest BCUT2D eigenvalue weighted by atomic mass is 32.2. The maximum atomic E-state index is 13.4. The van der Waals surface area contributed by atoms with E-state index in [0.29, 0.717) is 46.4 Å². The number of morpholine rings is 1. The molecule has 0 bridgehead atoms. The molecule has 3 amide bonds. The van der Waals surface area contributed by atoms with Gasteiger partial charge in [0.15, 0.2) is 11.5 Å². The fraction of sp³-hybridized carbons (Fsp3) is 0.303. The molecule has 0 spiro atoms. The number of hydrogen-bond donors (Lipinski definition) is 2. The number of methoxy groups -OCH3 is 1. The number of thioether (sulfide) groups is 1. The van der Waals surface area contributed by atoms with Crippen LogP contribution in [0.3, 0.4) is 0 Å². The van der Waals surface area contributed by atoms with Crippen molar-refractivity contribution in [1.82, 2.24) is 20.3 Å². The third-order valence-electron chi connectivity index (χ3n) is 7.55. The molecule has 1 atom stereocenters. The summed E-state index contributed by atoms with van der Waals surface area (Å²) in [6, 6.07) is 17.6. The van der Waals surface area contributed by atoms with Crippen molar-refractivity contribution < 1.29 is 32.9 Å². The zero-order valence-electron chi connectivity index (χ0n) is 25.2. The number of benzene rings is 3. The van der Waals surface area contributed by atoms with Gasteiger partial charge in [0, 0.05) is 43.0 Å². The first-order chi connectivity index (χ1) is 22.5. The third-order valence-corrected chi connectivity index (χ3v) is 8.76. The van der Waals surface area contributed by atoms with Gasteiger partial charge >= 0.3 is 6.03 Å². The van der Waals surface area contributed by atoms with Crippen molar-refractivity contribution in [3.8, 4) is 23.0 Å². The van der Waals surface area contributed by atoms with Crippen molar-refractivity contribution in [3.05, 3.63) is 84.3 Å². The summed E-state index contributed by atoms with van der Waals surface area (Å²) in [5.74, 6) is 1.91. The molecule has 3 aromatic carbocycles. The molecule has 2 fully saturated rings. The van der Waals surface area contributed by atoms with Gasteiger partial charge in [-0.2, -0.15) is 0 Å². The first kappa shape index (κ1) is 31.4. The van der Waals surface area contributed by atoms with Gasteiger partial charge in [0.05, 0.1) is 38.2 Å². The molecule has 3 heterocycles. The van der Waals surface area contributed by atoms with Gasteiger partial charge in [0.1, 0.15) is 22.7 Å². The average Bonchev–Trinajstić information content (AvgIpc) is 3.43. The monoisotopic (exact) mass is 647 g/mol. The maximum Gasteiger partial charge on any atom is 0.338 e. The van der Waals surface area contributed by atoms with Gasteiger partial charge in [-0.3, -0.25) is 14.7 Å². The molecule has 4 aromatic rings. The lowest BCUT2D eigenvalue weighted by molar-refractivity contribution is -0.130. The molecular formula is C33H34FN5O6S. The van der Waals surface area contributed by atoms with Crippen LogP contribution in [0.2, 0.25) is 0 Å². The van der Waals surface area contributed by atoms with Crippen molar-refractivity contribution in [2.24, 2.45) is 0 Å². The fourth-order valence-corrected chi connectivity index (χ4v) is 6.31. The molecule has 6 rings (SSSR count). The summed E-state index contributed by atoms with van der Waals surface area (Å²) in [6.07, 6.45) is 2.56. The summed E-state index contributed by atoms with van der Waals surface area (Å²) in [4.78, 5) is 32.1. The van der Waals surface area contributed by atoms with Gasteiger partial charge in [0.25, 0.3) is 5.91 Å². The van der Waals surface area contributed by atoms with Gasteiger partial charge in [-0.15, -0.1) is 11.8 Å². The predicted octanol–water partition coefficient (Wildman–Crippen LogP) is 5.59. The minimum Gasteiger partial charge on any atom is -0.493 e. The number of pyridine rings is 1. The minimum absolute atomic E-state index is 0.202. The molecule has 0 saturated carbocycles. The van der Waals surface area contributed by atoms with Crippen LogP contribution in [0, 0.1) is 5.82 Å². The van der Waals surface area contributed by atoms with E-state index >= 15 is 0 Å². The van der Waals surface area contributed by atoms with Gasteiger partial charge in [-0.05, 0) is 60.5 Å². The van der Waals surface area contributed by atoms with E-state index < -0.39 is 11.4 Å². The molecule has 2 aliphatic heterocycles. The molecular weight excluding hydrogens is 613 g/mol. The van der Waals surface area contributed by atoms with Crippen LogP contribution in [0.4, 0.5) is 14.9 Å². The number of hydrogen-bond acceptors (Lipinski definition) is 9. The predicted molar refractivity (Wildman–Crippen MR) is 173 cm³/mol. The molecule has 13 heteroatoms. The van der Waals surface area contributed by atoms with E-state index in [2.05, 4.69) is 20.6 Å². The van der Waals surface area contributed by atoms with Gasteiger partial charge in [-0.25, -0.2) is 19.6 Å². The molecule has 2 aliphatic rings. The van der Waals surface area contributed by atoms with Crippen molar-refractivity contribution in [2.75, 3.05) is 57.6 Å². The number of hydrazine groups is 1. The van der Waals surface area contributed by atoms with Crippen LogP contribution in [-0.4, -0.2) is 79.1 Å². The highest BCUT2D eigenvalue weighted by molar-refractivity contribution is 8.00. The number of aromatic nitrogens is 1. The third kappa shape index (κ3) is 7.61. The zero-order chi connectivity index (χ0) is 31.9. The van der Waals surface area contributed by atoms with Crippen LogP contribution in [0.25, 0.3) is 10.9 Å². The van der Waals surface area contributed by atoms with E-state index in [4.69, 9.17) is 18.9 Å². The Bertz CT molecular complexity index is 1670. The second-order valence-corrected chi connectivity index (χ2v) is 11.7. The van der Waals surface area contributed by atoms with Crippen molar-refractivity contribution in [1.29, 1.82) is 0 Å². The number of ether oxygens (including phenoxy) is 4. The number of rotatable bonds is 11. The number of nitrogens with one attached hydrogen (secondary N) is 2. The Morgan fingerprint density at radius 1 is 1.04 bits per heavy atom. The summed E-state index contributed by atoms with van der Waals surface area (Å²) >= 11 is 1.35. The number of carbonyl (C=O) groups excluding carboxylic acids is 2. The van der Waals surface area contributed by atoms with Crippen molar-refractivity contribution in [3.63, 3.8) is 0 Å². The van der Waals surface area contributed by atoms with Crippen LogP contribution in [0.15, 0.2) is 72.9 Å². The number of nitrogens with zero attached hydrogens (tertiary/aromatic N) is 3. The molecule has 1 aromatic heterocycles. The Hall–Kier alpha value is -4.59. The number of fused-ring (bicyclic) bond motifs is 1. The number of anilines is 1. The van der Waals surface area contributed by atoms with Gasteiger partial charge < -0.3 is 24.3 Å². The largest absolute Gasteiger partial charge is 0.493 e. The molecule has 0 aliphatic carbocycles. The summed E-state index contributed by atoms with van der Waals surface area (Å²) in [6.45, 7) is 4.94. The topological polar surface area (TPSA) is 114 Å². The van der Waals surface area contributed by atoms with Gasteiger partial charge in [-0.1, -0.05) is 12.1 Å². The Balaban J connectivity index is 1.06. The van der Waals surface area contributed by atoms with Crippen LogP contribution >= 0.6 is 11.8 Å². The van der Waals surface area contributed by atoms with E-state index in [0.717, 1.165) is 44.7 Å². The molecule has 0 radical (unpaired) electrons. The lowest BCUT2D eigenvalue weighted by Crippen LogP contribution is -2.46. The molecule has 240 valence electrons. The Kier molecular flexibility index (Phi) is 10.0. The molecule has 1 unspecified atom stereocenters. The Morgan fingerprint density at radius 2 is 1.83 bits per heavy atom. The second kappa shape index (κ2) is 14.7. The number of amides is 3. The summed E-state index contributed by atoms with van der Waals surface area (Å²) in [5, 5.41) is 4.30. The Morgan fingerprint density at radius 3 is 2.59 bits per heavy atom. The first-order valence-electron chi connectivity index (χ1n) is 14.9. The second-order valence-electron chi connectivity index (χ2n) is 10.7. The van der Waals surface area contributed by atoms with Crippen LogP contribution in [0.1, 0.15) is 17.4 Å². The van der Waals surface area contributed by atoms with Crippen LogP contribution < -0.4 is 25.0 Å². The highest BCUT2D eigenvalue weighted by Gasteiger charge is 2.34. The number of halogens is 1. The fourth-order valence-electron chi connectivity index (χ4n) is 5.21. The maximum absolute atomic E-state index is 13.4. The first-order valence-corrected chi connectivity index (χ1v) is 16.0. The average molecular weight is 648 g/mol. The van der Waals surface area contributed by atoms with E-state index in [1.54, 1.807) is 55.8 Å². The molecule has 46 heavy (non-hydrogen) atoms. The van der Waals surface area contributed by atoms with Crippen LogP contribution in [0.5, 0.6) is 23.0 Å². The van der Waals surface area contributed by atoms with E-state index in [-0.39, 0.29) is 17.5 Å². The molecule has 11 nitrogen and oxygen atoms in total. The normalized spacial score (nSPS) is 16.8. The standard InChI is InChI=1S/C33H34FN5O6S/c1-42-29-19-26-27(20-30(29)44-16-2-13-38-14-17-43-18-15-38)35-12-11-28(26)45-25-9-7-24(8-10-25)36-33(41)37-39-31(40)21-46-32(39)22-3-5-23(34)6-4-22/h3-12,19-20,32H,2,13-18,21H2,1H3,(H2,36,37,41). The quantitative estimate of drug-likeness (QED) is 0.201. The van der Waals surface area contributed by atoms with E-state index in [1.165, 1.54) is 28.9 Å². The van der Waals surface area contributed by atoms with E-state index in [9.17, 15) is 14.0 Å². The lowest BCUT2D eigenvalue weighted by atomic mass is 10.1. The zero-order valence-corrected chi connectivity index (χ0v) is 26.1. The molecule has 2 N–H and O–H groups in total. The van der Waals surface area contributed by atoms with Crippen molar-refractivity contribution in [2.45, 2.75) is 11.8 Å². The SMILES string of the molecule is COc1cc2c(Oc3ccc(NC(=O)NN4C(=O)CSC4c4ccc(F)cc4)cc3)ccnc2cc1OCCCN1CCOCC1. The summed E-state index contributed by atoms with van der Waals surface area (Å²) in [5.41, 5.74) is 4.52. The highest BCUT2D eigenvalue weighted by Crippen LogP contribution is 2.38. The van der Waals surface area contributed by atoms with Crippen molar-refractivity contribution >= 4 is 40.3 Å². The lowest BCUT2D eigenvalue weighted by Gasteiger charge is -2.26. The van der Waals surface area contributed by atoms with Crippen LogP contribution in [-0.2, 0) is 9.53 Å².